The Labute approximate surface area is 106 Å². The summed E-state index contributed by atoms with van der Waals surface area (Å²) in [5, 5.41) is 11.6. The number of carbonyl (C=O) groups is 2. The van der Waals surface area contributed by atoms with Crippen molar-refractivity contribution in [2.75, 3.05) is 5.32 Å². The molecule has 0 aliphatic heterocycles. The summed E-state index contributed by atoms with van der Waals surface area (Å²) in [5.74, 6) is -0.921. The Hall–Kier alpha value is -1.84. The Morgan fingerprint density at radius 1 is 1.33 bits per heavy atom. The van der Waals surface area contributed by atoms with Gasteiger partial charge in [0.15, 0.2) is 0 Å². The largest absolute Gasteiger partial charge is 0.481 e. The fourth-order valence-corrected chi connectivity index (χ4v) is 2.18. The van der Waals surface area contributed by atoms with Gasteiger partial charge in [0.05, 0.1) is 6.42 Å². The number of carboxylic acid groups (broad SMARTS) is 1. The van der Waals surface area contributed by atoms with Crippen LogP contribution in [0.4, 0.5) is 5.69 Å². The molecule has 1 amide bonds. The zero-order valence-corrected chi connectivity index (χ0v) is 10.4. The second kappa shape index (κ2) is 4.80. The van der Waals surface area contributed by atoms with Crippen LogP contribution < -0.4 is 5.32 Å². The van der Waals surface area contributed by atoms with Crippen LogP contribution >= 0.6 is 0 Å². The van der Waals surface area contributed by atoms with Gasteiger partial charge in [-0.2, -0.15) is 0 Å². The van der Waals surface area contributed by atoms with Crippen LogP contribution in [0, 0.1) is 12.3 Å². The third-order valence-electron chi connectivity index (χ3n) is 3.32. The number of aliphatic carboxylic acids is 1. The first-order valence-corrected chi connectivity index (χ1v) is 6.07. The first-order chi connectivity index (χ1) is 8.49. The summed E-state index contributed by atoms with van der Waals surface area (Å²) in [5.41, 5.74) is 1.56. The number of anilines is 1. The Kier molecular flexibility index (Phi) is 3.36. The molecule has 96 valence electrons. The van der Waals surface area contributed by atoms with Gasteiger partial charge in [-0.25, -0.2) is 0 Å². The summed E-state index contributed by atoms with van der Waals surface area (Å²) in [4.78, 5) is 22.6. The Bertz CT molecular complexity index is 478. The molecule has 0 atom stereocenters. The maximum Gasteiger partial charge on any atom is 0.303 e. The van der Waals surface area contributed by atoms with Gasteiger partial charge in [0.2, 0.25) is 5.91 Å². The lowest BCUT2D eigenvalue weighted by Gasteiger charge is -2.12. The lowest BCUT2D eigenvalue weighted by molar-refractivity contribution is -0.138. The Morgan fingerprint density at radius 2 is 2.06 bits per heavy atom. The van der Waals surface area contributed by atoms with E-state index in [-0.39, 0.29) is 17.7 Å². The zero-order chi connectivity index (χ0) is 13.2. The molecule has 1 aliphatic rings. The average molecular weight is 247 g/mol. The molecule has 0 saturated heterocycles. The van der Waals surface area contributed by atoms with Crippen LogP contribution in [0.5, 0.6) is 0 Å². The molecule has 4 nitrogen and oxygen atoms in total. The minimum Gasteiger partial charge on any atom is -0.481 e. The summed E-state index contributed by atoms with van der Waals surface area (Å²) >= 11 is 0. The topological polar surface area (TPSA) is 66.4 Å². The number of hydrogen-bond donors (Lipinski definition) is 2. The minimum absolute atomic E-state index is 0.0915. The second-order valence-corrected chi connectivity index (χ2v) is 5.16. The van der Waals surface area contributed by atoms with Gasteiger partial charge >= 0.3 is 5.97 Å². The van der Waals surface area contributed by atoms with Crippen LogP contribution in [-0.2, 0) is 9.59 Å². The van der Waals surface area contributed by atoms with Gasteiger partial charge in [-0.05, 0) is 42.9 Å². The van der Waals surface area contributed by atoms with Crippen LogP contribution in [-0.4, -0.2) is 17.0 Å². The number of rotatable bonds is 5. The number of amides is 1. The van der Waals surface area contributed by atoms with Crippen LogP contribution in [0.3, 0.4) is 0 Å². The zero-order valence-electron chi connectivity index (χ0n) is 10.4. The molecule has 1 aromatic rings. The third kappa shape index (κ3) is 3.32. The summed E-state index contributed by atoms with van der Waals surface area (Å²) in [6, 6.07) is 7.58. The number of benzene rings is 1. The third-order valence-corrected chi connectivity index (χ3v) is 3.32. The first kappa shape index (κ1) is 12.6. The molecule has 0 aromatic heterocycles. The van der Waals surface area contributed by atoms with E-state index in [0.717, 1.165) is 24.1 Å². The number of aryl methyl sites for hydroxylation is 1. The number of carbonyl (C=O) groups excluding carboxylic acids is 1. The van der Waals surface area contributed by atoms with E-state index in [0.29, 0.717) is 6.42 Å². The summed E-state index contributed by atoms with van der Waals surface area (Å²) in [6.07, 6.45) is 2.06. The van der Waals surface area contributed by atoms with Gasteiger partial charge in [0.1, 0.15) is 0 Å². The van der Waals surface area contributed by atoms with Gasteiger partial charge in [-0.15, -0.1) is 0 Å². The van der Waals surface area contributed by atoms with Gasteiger partial charge in [-0.3, -0.25) is 9.59 Å². The van der Waals surface area contributed by atoms with Crippen molar-refractivity contribution >= 4 is 17.6 Å². The van der Waals surface area contributed by atoms with Gasteiger partial charge in [-0.1, -0.05) is 12.1 Å². The molecule has 1 saturated carbocycles. The van der Waals surface area contributed by atoms with E-state index in [9.17, 15) is 9.59 Å². The summed E-state index contributed by atoms with van der Waals surface area (Å²) in [6.45, 7) is 1.96. The quantitative estimate of drug-likeness (QED) is 0.840. The molecule has 0 radical (unpaired) electrons. The van der Waals surface area contributed by atoms with Crippen LogP contribution in [0.1, 0.15) is 31.2 Å². The van der Waals surface area contributed by atoms with Crippen molar-refractivity contribution in [3.8, 4) is 0 Å². The van der Waals surface area contributed by atoms with Crippen molar-refractivity contribution in [3.05, 3.63) is 29.8 Å². The Balaban J connectivity index is 1.91. The molecule has 1 aromatic carbocycles. The van der Waals surface area contributed by atoms with Crippen LogP contribution in [0.15, 0.2) is 24.3 Å². The normalized spacial score (nSPS) is 16.1. The molecular weight excluding hydrogens is 230 g/mol. The highest BCUT2D eigenvalue weighted by Gasteiger charge is 2.45. The van der Waals surface area contributed by atoms with Gasteiger partial charge < -0.3 is 10.4 Å². The van der Waals surface area contributed by atoms with Crippen LogP contribution in [0.25, 0.3) is 0 Å². The molecule has 0 unspecified atom stereocenters. The van der Waals surface area contributed by atoms with E-state index >= 15 is 0 Å². The maximum absolute atomic E-state index is 11.9. The smallest absolute Gasteiger partial charge is 0.303 e. The van der Waals surface area contributed by atoms with E-state index in [1.54, 1.807) is 0 Å². The molecule has 18 heavy (non-hydrogen) atoms. The maximum atomic E-state index is 11.9. The standard InChI is InChI=1S/C14H17NO3/c1-10-3-2-4-11(7-10)15-12(16)8-14(5-6-14)9-13(17)18/h2-4,7H,5-6,8-9H2,1H3,(H,15,16)(H,17,18). The highest BCUT2D eigenvalue weighted by atomic mass is 16.4. The molecule has 2 rings (SSSR count). The molecule has 4 heteroatoms. The fourth-order valence-electron chi connectivity index (χ4n) is 2.18. The molecule has 0 heterocycles. The fraction of sp³-hybridized carbons (Fsp3) is 0.429. The van der Waals surface area contributed by atoms with Crippen molar-refractivity contribution in [1.82, 2.24) is 0 Å². The highest BCUT2D eigenvalue weighted by Crippen LogP contribution is 2.51. The molecule has 1 aliphatic carbocycles. The molecule has 2 N–H and O–H groups in total. The van der Waals surface area contributed by atoms with Crippen LogP contribution in [0.2, 0.25) is 0 Å². The van der Waals surface area contributed by atoms with E-state index in [1.807, 2.05) is 31.2 Å². The van der Waals surface area contributed by atoms with Gasteiger partial charge in [0, 0.05) is 12.1 Å². The van der Waals surface area contributed by atoms with E-state index < -0.39 is 5.97 Å². The predicted molar refractivity (Wildman–Crippen MR) is 68.3 cm³/mol. The molecule has 1 fully saturated rings. The SMILES string of the molecule is Cc1cccc(NC(=O)CC2(CC(=O)O)CC2)c1. The van der Waals surface area contributed by atoms with E-state index in [4.69, 9.17) is 5.11 Å². The van der Waals surface area contributed by atoms with Crippen molar-refractivity contribution in [3.63, 3.8) is 0 Å². The van der Waals surface area contributed by atoms with Crippen molar-refractivity contribution in [2.45, 2.75) is 32.6 Å². The number of nitrogens with one attached hydrogen (secondary N) is 1. The first-order valence-electron chi connectivity index (χ1n) is 6.07. The highest BCUT2D eigenvalue weighted by molar-refractivity contribution is 5.91. The van der Waals surface area contributed by atoms with E-state index in [2.05, 4.69) is 5.32 Å². The predicted octanol–water partition coefficient (Wildman–Crippen LogP) is 2.58. The average Bonchev–Trinajstić information content (AvgIpc) is 2.95. The van der Waals surface area contributed by atoms with Crippen molar-refractivity contribution < 1.29 is 14.7 Å². The number of hydrogen-bond acceptors (Lipinski definition) is 2. The van der Waals surface area contributed by atoms with Crippen molar-refractivity contribution in [2.24, 2.45) is 5.41 Å². The molecule has 0 bridgehead atoms. The van der Waals surface area contributed by atoms with Gasteiger partial charge in [0.25, 0.3) is 0 Å². The summed E-state index contributed by atoms with van der Waals surface area (Å²) in [7, 11) is 0. The monoisotopic (exact) mass is 247 g/mol. The summed E-state index contributed by atoms with van der Waals surface area (Å²) < 4.78 is 0. The molecule has 0 spiro atoms. The number of carboxylic acids is 1. The lowest BCUT2D eigenvalue weighted by atomic mass is 9.98. The minimum atomic E-state index is -0.823. The molecular formula is C14H17NO3. The Morgan fingerprint density at radius 3 is 2.61 bits per heavy atom. The lowest BCUT2D eigenvalue weighted by Crippen LogP contribution is -2.19. The van der Waals surface area contributed by atoms with Crippen molar-refractivity contribution in [1.29, 1.82) is 0 Å². The van der Waals surface area contributed by atoms with E-state index in [1.165, 1.54) is 0 Å². The second-order valence-electron chi connectivity index (χ2n) is 5.16.